The smallest absolute Gasteiger partial charge is 0.319 e. The first kappa shape index (κ1) is 14.1. The summed E-state index contributed by atoms with van der Waals surface area (Å²) in [4.78, 5) is 11.7. The molecular weight excluding hydrogens is 256 g/mol. The first-order valence-corrected chi connectivity index (χ1v) is 6.35. The van der Waals surface area contributed by atoms with Crippen LogP contribution in [0, 0.1) is 0 Å². The molecule has 106 valence electrons. The van der Waals surface area contributed by atoms with E-state index in [0.29, 0.717) is 12.3 Å². The summed E-state index contributed by atoms with van der Waals surface area (Å²) in [5.74, 6) is 0. The number of carbonyl (C=O) groups is 1. The number of anilines is 1. The van der Waals surface area contributed by atoms with Crippen LogP contribution in [0.4, 0.5) is 10.5 Å². The molecule has 2 amide bonds. The van der Waals surface area contributed by atoms with Gasteiger partial charge in [0.1, 0.15) is 0 Å². The molecule has 2 rings (SSSR count). The van der Waals surface area contributed by atoms with E-state index in [0.717, 1.165) is 5.69 Å². The van der Waals surface area contributed by atoms with E-state index in [2.05, 4.69) is 15.7 Å². The molecule has 6 heteroatoms. The standard InChI is InChI=1S/C14H18N4O2/c1-11(10-20-2)16-14(19)17-12-8-15-18(9-12)13-6-4-3-5-7-13/h3-9,11H,10H2,1-2H3,(H2,16,17,19)/t11-/m1/s1. The number of ether oxygens (including phenoxy) is 1. The van der Waals surface area contributed by atoms with E-state index in [1.54, 1.807) is 24.2 Å². The molecule has 0 aliphatic carbocycles. The summed E-state index contributed by atoms with van der Waals surface area (Å²) >= 11 is 0. The van der Waals surface area contributed by atoms with E-state index in [9.17, 15) is 4.79 Å². The zero-order valence-corrected chi connectivity index (χ0v) is 11.5. The van der Waals surface area contributed by atoms with E-state index >= 15 is 0 Å². The zero-order chi connectivity index (χ0) is 14.4. The average molecular weight is 274 g/mol. The Morgan fingerprint density at radius 2 is 2.15 bits per heavy atom. The van der Waals surface area contributed by atoms with Crippen LogP contribution in [0.1, 0.15) is 6.92 Å². The lowest BCUT2D eigenvalue weighted by Crippen LogP contribution is -2.38. The highest BCUT2D eigenvalue weighted by molar-refractivity contribution is 5.89. The first-order valence-electron chi connectivity index (χ1n) is 6.35. The molecule has 0 bridgehead atoms. The van der Waals surface area contributed by atoms with Gasteiger partial charge in [-0.3, -0.25) is 0 Å². The fourth-order valence-corrected chi connectivity index (χ4v) is 1.79. The first-order chi connectivity index (χ1) is 9.69. The molecule has 2 aromatic rings. The monoisotopic (exact) mass is 274 g/mol. The van der Waals surface area contributed by atoms with Crippen molar-refractivity contribution in [3.8, 4) is 5.69 Å². The van der Waals surface area contributed by atoms with E-state index in [1.165, 1.54) is 0 Å². The van der Waals surface area contributed by atoms with Crippen LogP contribution in [0.3, 0.4) is 0 Å². The van der Waals surface area contributed by atoms with Crippen molar-refractivity contribution in [1.82, 2.24) is 15.1 Å². The normalized spacial score (nSPS) is 11.9. The van der Waals surface area contributed by atoms with Crippen molar-refractivity contribution in [2.75, 3.05) is 19.0 Å². The van der Waals surface area contributed by atoms with Crippen LogP contribution in [-0.2, 0) is 4.74 Å². The Balaban J connectivity index is 1.95. The summed E-state index contributed by atoms with van der Waals surface area (Å²) in [6, 6.07) is 9.37. The molecule has 2 N–H and O–H groups in total. The van der Waals surface area contributed by atoms with Gasteiger partial charge in [0, 0.05) is 7.11 Å². The second kappa shape index (κ2) is 6.72. The van der Waals surface area contributed by atoms with Crippen LogP contribution in [0.15, 0.2) is 42.7 Å². The number of amides is 2. The van der Waals surface area contributed by atoms with Gasteiger partial charge in [0.25, 0.3) is 0 Å². The van der Waals surface area contributed by atoms with Crippen molar-refractivity contribution in [1.29, 1.82) is 0 Å². The van der Waals surface area contributed by atoms with Crippen molar-refractivity contribution in [3.05, 3.63) is 42.7 Å². The molecule has 6 nitrogen and oxygen atoms in total. The lowest BCUT2D eigenvalue weighted by molar-refractivity contribution is 0.173. The van der Waals surface area contributed by atoms with E-state index in [-0.39, 0.29) is 12.1 Å². The highest BCUT2D eigenvalue weighted by Crippen LogP contribution is 2.10. The highest BCUT2D eigenvalue weighted by Gasteiger charge is 2.08. The zero-order valence-electron chi connectivity index (χ0n) is 11.5. The number of hydrogen-bond donors (Lipinski definition) is 2. The maximum atomic E-state index is 11.7. The predicted molar refractivity (Wildman–Crippen MR) is 77.1 cm³/mol. The minimum Gasteiger partial charge on any atom is -0.383 e. The van der Waals surface area contributed by atoms with Crippen LogP contribution >= 0.6 is 0 Å². The van der Waals surface area contributed by atoms with Gasteiger partial charge in [-0.15, -0.1) is 0 Å². The van der Waals surface area contributed by atoms with Crippen molar-refractivity contribution in [3.63, 3.8) is 0 Å². The summed E-state index contributed by atoms with van der Waals surface area (Å²) in [7, 11) is 1.60. The van der Waals surface area contributed by atoms with Gasteiger partial charge in [-0.25, -0.2) is 9.48 Å². The highest BCUT2D eigenvalue weighted by atomic mass is 16.5. The average Bonchev–Trinajstić information content (AvgIpc) is 2.88. The molecule has 0 saturated heterocycles. The molecule has 0 saturated carbocycles. The molecule has 0 radical (unpaired) electrons. The summed E-state index contributed by atoms with van der Waals surface area (Å²) in [5, 5.41) is 9.70. The minimum absolute atomic E-state index is 0.0517. The van der Waals surface area contributed by atoms with Crippen LogP contribution in [0.2, 0.25) is 0 Å². The molecule has 0 fully saturated rings. The summed E-state index contributed by atoms with van der Waals surface area (Å²) < 4.78 is 6.66. The maximum Gasteiger partial charge on any atom is 0.319 e. The fraction of sp³-hybridized carbons (Fsp3) is 0.286. The number of carbonyl (C=O) groups excluding carboxylic acids is 1. The lowest BCUT2D eigenvalue weighted by Gasteiger charge is -2.12. The Labute approximate surface area is 117 Å². The molecule has 1 heterocycles. The Morgan fingerprint density at radius 3 is 2.85 bits per heavy atom. The molecular formula is C14H18N4O2. The number of nitrogens with one attached hydrogen (secondary N) is 2. The molecule has 0 aliphatic heterocycles. The maximum absolute atomic E-state index is 11.7. The SMILES string of the molecule is COC[C@@H](C)NC(=O)Nc1cnn(-c2ccccc2)c1. The van der Waals surface area contributed by atoms with E-state index < -0.39 is 0 Å². The van der Waals surface area contributed by atoms with Gasteiger partial charge in [0.15, 0.2) is 0 Å². The van der Waals surface area contributed by atoms with Crippen LogP contribution in [0.25, 0.3) is 5.69 Å². The third kappa shape index (κ3) is 3.83. The van der Waals surface area contributed by atoms with Crippen molar-refractivity contribution < 1.29 is 9.53 Å². The molecule has 20 heavy (non-hydrogen) atoms. The van der Waals surface area contributed by atoms with Crippen LogP contribution in [-0.4, -0.2) is 35.6 Å². The second-order valence-corrected chi connectivity index (χ2v) is 4.46. The van der Waals surface area contributed by atoms with Gasteiger partial charge < -0.3 is 15.4 Å². The quantitative estimate of drug-likeness (QED) is 0.876. The number of hydrogen-bond acceptors (Lipinski definition) is 3. The number of para-hydroxylation sites is 1. The number of nitrogens with zero attached hydrogens (tertiary/aromatic N) is 2. The predicted octanol–water partition coefficient (Wildman–Crippen LogP) is 2.03. The van der Waals surface area contributed by atoms with Crippen LogP contribution < -0.4 is 10.6 Å². The molecule has 1 aromatic carbocycles. The summed E-state index contributed by atoms with van der Waals surface area (Å²) in [6.07, 6.45) is 3.36. The van der Waals surface area contributed by atoms with Crippen molar-refractivity contribution in [2.45, 2.75) is 13.0 Å². The van der Waals surface area contributed by atoms with Gasteiger partial charge in [0.2, 0.25) is 0 Å². The van der Waals surface area contributed by atoms with Crippen molar-refractivity contribution >= 4 is 11.7 Å². The topological polar surface area (TPSA) is 68.2 Å². The third-order valence-electron chi connectivity index (χ3n) is 2.66. The summed E-state index contributed by atoms with van der Waals surface area (Å²) in [6.45, 7) is 2.34. The Bertz CT molecular complexity index is 553. The van der Waals surface area contributed by atoms with E-state index in [4.69, 9.17) is 4.74 Å². The molecule has 0 unspecified atom stereocenters. The van der Waals surface area contributed by atoms with Gasteiger partial charge in [-0.2, -0.15) is 5.10 Å². The van der Waals surface area contributed by atoms with Gasteiger partial charge in [-0.05, 0) is 19.1 Å². The number of rotatable bonds is 5. The lowest BCUT2D eigenvalue weighted by atomic mass is 10.3. The summed E-state index contributed by atoms with van der Waals surface area (Å²) in [5.41, 5.74) is 1.57. The van der Waals surface area contributed by atoms with Gasteiger partial charge in [0.05, 0.1) is 36.4 Å². The second-order valence-electron chi connectivity index (χ2n) is 4.46. The Kier molecular flexibility index (Phi) is 4.73. The fourth-order valence-electron chi connectivity index (χ4n) is 1.79. The molecule has 0 aliphatic rings. The van der Waals surface area contributed by atoms with E-state index in [1.807, 2.05) is 37.3 Å². The number of methoxy groups -OCH3 is 1. The number of aromatic nitrogens is 2. The largest absolute Gasteiger partial charge is 0.383 e. The number of urea groups is 1. The minimum atomic E-state index is -0.276. The third-order valence-corrected chi connectivity index (χ3v) is 2.66. The van der Waals surface area contributed by atoms with Crippen LogP contribution in [0.5, 0.6) is 0 Å². The molecule has 0 spiro atoms. The molecule has 1 atom stereocenters. The Hall–Kier alpha value is -2.34. The Morgan fingerprint density at radius 1 is 1.40 bits per heavy atom. The number of benzene rings is 1. The van der Waals surface area contributed by atoms with Gasteiger partial charge >= 0.3 is 6.03 Å². The van der Waals surface area contributed by atoms with Gasteiger partial charge in [-0.1, -0.05) is 18.2 Å². The molecule has 1 aromatic heterocycles. The van der Waals surface area contributed by atoms with Crippen molar-refractivity contribution in [2.24, 2.45) is 0 Å².